The summed E-state index contributed by atoms with van der Waals surface area (Å²) in [5, 5.41) is 14.2. The third-order valence-corrected chi connectivity index (χ3v) is 2.52. The smallest absolute Gasteiger partial charge is 0.390 e. The maximum absolute atomic E-state index is 12.1. The summed E-state index contributed by atoms with van der Waals surface area (Å²) in [5.74, 6) is -0.0369. The molecule has 0 radical (unpaired) electrons. The summed E-state index contributed by atoms with van der Waals surface area (Å²) < 4.78 is 36.4. The first-order valence-corrected chi connectivity index (χ1v) is 5.69. The Morgan fingerprint density at radius 1 is 1.47 bits per heavy atom. The normalized spacial score (nSPS) is 14.4. The Bertz CT molecular complexity index is 446. The lowest BCUT2D eigenvalue weighted by molar-refractivity contribution is -0.139. The lowest BCUT2D eigenvalue weighted by Gasteiger charge is -2.16. The van der Waals surface area contributed by atoms with Gasteiger partial charge < -0.3 is 16.3 Å². The number of oxime groups is 1. The van der Waals surface area contributed by atoms with Gasteiger partial charge in [-0.2, -0.15) is 13.2 Å². The van der Waals surface area contributed by atoms with E-state index in [2.05, 4.69) is 10.5 Å². The van der Waals surface area contributed by atoms with Crippen molar-refractivity contribution in [3.63, 3.8) is 0 Å². The molecule has 0 aliphatic rings. The van der Waals surface area contributed by atoms with Crippen molar-refractivity contribution in [2.75, 3.05) is 0 Å². The Morgan fingerprint density at radius 3 is 2.74 bits per heavy atom. The minimum atomic E-state index is -4.18. The van der Waals surface area contributed by atoms with Crippen LogP contribution in [0.4, 0.5) is 13.2 Å². The summed E-state index contributed by atoms with van der Waals surface area (Å²) in [5.41, 5.74) is 6.71. The molecular formula is C12H16F3N3O. The van der Waals surface area contributed by atoms with E-state index in [0.29, 0.717) is 5.56 Å². The number of hydrogen-bond acceptors (Lipinski definition) is 3. The SMILES string of the molecule is CC(CC(F)(F)F)NCc1cccc(/C(N)=N/O)c1. The number of amidine groups is 1. The molecule has 1 aromatic rings. The Labute approximate surface area is 109 Å². The second kappa shape index (κ2) is 6.42. The lowest BCUT2D eigenvalue weighted by atomic mass is 10.1. The van der Waals surface area contributed by atoms with Gasteiger partial charge in [-0.05, 0) is 18.6 Å². The molecule has 0 aliphatic carbocycles. The second-order valence-corrected chi connectivity index (χ2v) is 4.29. The van der Waals surface area contributed by atoms with Gasteiger partial charge in [0.05, 0.1) is 6.42 Å². The van der Waals surface area contributed by atoms with Crippen molar-refractivity contribution >= 4 is 5.84 Å². The van der Waals surface area contributed by atoms with Crippen LogP contribution in [-0.2, 0) is 6.54 Å². The molecule has 4 N–H and O–H groups in total. The van der Waals surface area contributed by atoms with Gasteiger partial charge in [-0.15, -0.1) is 0 Å². The number of alkyl halides is 3. The van der Waals surface area contributed by atoms with Crippen molar-refractivity contribution in [3.8, 4) is 0 Å². The first kappa shape index (κ1) is 15.3. The van der Waals surface area contributed by atoms with Crippen LogP contribution in [0.3, 0.4) is 0 Å². The average molecular weight is 275 g/mol. The molecule has 0 fully saturated rings. The van der Waals surface area contributed by atoms with Gasteiger partial charge in [0.1, 0.15) is 0 Å². The van der Waals surface area contributed by atoms with E-state index in [1.54, 1.807) is 24.3 Å². The quantitative estimate of drug-likeness (QED) is 0.334. The summed E-state index contributed by atoms with van der Waals surface area (Å²) in [7, 11) is 0. The molecule has 0 saturated heterocycles. The first-order valence-electron chi connectivity index (χ1n) is 5.69. The third kappa shape index (κ3) is 5.60. The Morgan fingerprint density at radius 2 is 2.16 bits per heavy atom. The van der Waals surface area contributed by atoms with E-state index >= 15 is 0 Å². The van der Waals surface area contributed by atoms with Gasteiger partial charge in [0.2, 0.25) is 0 Å². The molecular weight excluding hydrogens is 259 g/mol. The largest absolute Gasteiger partial charge is 0.409 e. The van der Waals surface area contributed by atoms with Gasteiger partial charge >= 0.3 is 6.18 Å². The fourth-order valence-electron chi connectivity index (χ4n) is 1.61. The number of nitrogens with zero attached hydrogens (tertiary/aromatic N) is 1. The number of hydrogen-bond donors (Lipinski definition) is 3. The van der Waals surface area contributed by atoms with Crippen LogP contribution < -0.4 is 11.1 Å². The van der Waals surface area contributed by atoms with Crippen LogP contribution in [0.2, 0.25) is 0 Å². The van der Waals surface area contributed by atoms with Crippen molar-refractivity contribution < 1.29 is 18.4 Å². The highest BCUT2D eigenvalue weighted by Gasteiger charge is 2.29. The molecule has 4 nitrogen and oxygen atoms in total. The summed E-state index contributed by atoms with van der Waals surface area (Å²) in [4.78, 5) is 0. The second-order valence-electron chi connectivity index (χ2n) is 4.29. The van der Waals surface area contributed by atoms with E-state index in [9.17, 15) is 13.2 Å². The van der Waals surface area contributed by atoms with Crippen LogP contribution in [-0.4, -0.2) is 23.3 Å². The first-order chi connectivity index (χ1) is 8.81. The van der Waals surface area contributed by atoms with E-state index in [-0.39, 0.29) is 12.4 Å². The van der Waals surface area contributed by atoms with Crippen molar-refractivity contribution in [1.29, 1.82) is 0 Å². The zero-order valence-corrected chi connectivity index (χ0v) is 10.4. The summed E-state index contributed by atoms with van der Waals surface area (Å²) in [6.45, 7) is 1.75. The highest BCUT2D eigenvalue weighted by atomic mass is 19.4. The van der Waals surface area contributed by atoms with E-state index in [1.165, 1.54) is 6.92 Å². The Kier molecular flexibility index (Phi) is 5.17. The number of benzene rings is 1. The van der Waals surface area contributed by atoms with Crippen LogP contribution in [0.1, 0.15) is 24.5 Å². The van der Waals surface area contributed by atoms with Crippen LogP contribution >= 0.6 is 0 Å². The average Bonchev–Trinajstić information content (AvgIpc) is 2.34. The molecule has 0 aromatic heterocycles. The Balaban J connectivity index is 2.59. The fraction of sp³-hybridized carbons (Fsp3) is 0.417. The lowest BCUT2D eigenvalue weighted by Crippen LogP contribution is -2.30. The summed E-state index contributed by atoms with van der Waals surface area (Å²) in [6.07, 6.45) is -5.06. The molecule has 0 aliphatic heterocycles. The minimum Gasteiger partial charge on any atom is -0.409 e. The van der Waals surface area contributed by atoms with Crippen LogP contribution in [0.25, 0.3) is 0 Å². The van der Waals surface area contributed by atoms with Crippen LogP contribution in [0.15, 0.2) is 29.4 Å². The number of halogens is 3. The zero-order valence-electron chi connectivity index (χ0n) is 10.4. The van der Waals surface area contributed by atoms with E-state index in [0.717, 1.165) is 5.56 Å². The van der Waals surface area contributed by atoms with Gasteiger partial charge in [0, 0.05) is 18.2 Å². The van der Waals surface area contributed by atoms with E-state index in [4.69, 9.17) is 10.9 Å². The maximum atomic E-state index is 12.1. The Hall–Kier alpha value is -1.76. The van der Waals surface area contributed by atoms with Gasteiger partial charge in [-0.25, -0.2) is 0 Å². The molecule has 0 spiro atoms. The van der Waals surface area contributed by atoms with Crippen LogP contribution in [0, 0.1) is 0 Å². The molecule has 1 unspecified atom stereocenters. The van der Waals surface area contributed by atoms with Crippen molar-refractivity contribution in [3.05, 3.63) is 35.4 Å². The van der Waals surface area contributed by atoms with Gasteiger partial charge in [-0.3, -0.25) is 0 Å². The highest BCUT2D eigenvalue weighted by Crippen LogP contribution is 2.21. The molecule has 0 heterocycles. The maximum Gasteiger partial charge on any atom is 0.390 e. The van der Waals surface area contributed by atoms with Crippen molar-refractivity contribution in [2.45, 2.75) is 32.1 Å². The van der Waals surface area contributed by atoms with Gasteiger partial charge in [-0.1, -0.05) is 23.4 Å². The molecule has 0 bridgehead atoms. The van der Waals surface area contributed by atoms with E-state index in [1.807, 2.05) is 0 Å². The predicted molar refractivity (Wildman–Crippen MR) is 65.9 cm³/mol. The van der Waals surface area contributed by atoms with Crippen molar-refractivity contribution in [2.24, 2.45) is 10.9 Å². The summed E-state index contributed by atoms with van der Waals surface area (Å²) in [6, 6.07) is 6.08. The molecule has 1 aromatic carbocycles. The zero-order chi connectivity index (χ0) is 14.5. The molecule has 7 heteroatoms. The molecule has 1 rings (SSSR count). The highest BCUT2D eigenvalue weighted by molar-refractivity contribution is 5.97. The monoisotopic (exact) mass is 275 g/mol. The topological polar surface area (TPSA) is 70.6 Å². The molecule has 0 saturated carbocycles. The fourth-order valence-corrected chi connectivity index (χ4v) is 1.61. The standard InChI is InChI=1S/C12H16F3N3O/c1-8(6-12(13,14)15)17-7-9-3-2-4-10(5-9)11(16)18-19/h2-5,8,17,19H,6-7H2,1H3,(H2,16,18). The van der Waals surface area contributed by atoms with Gasteiger partial charge in [0.25, 0.3) is 0 Å². The van der Waals surface area contributed by atoms with E-state index < -0.39 is 18.6 Å². The predicted octanol–water partition coefficient (Wildman–Crippen LogP) is 2.21. The molecule has 1 atom stereocenters. The third-order valence-electron chi connectivity index (χ3n) is 2.52. The number of nitrogens with two attached hydrogens (primary N) is 1. The number of nitrogens with one attached hydrogen (secondary N) is 1. The van der Waals surface area contributed by atoms with Crippen molar-refractivity contribution in [1.82, 2.24) is 5.32 Å². The molecule has 106 valence electrons. The molecule has 19 heavy (non-hydrogen) atoms. The summed E-state index contributed by atoms with van der Waals surface area (Å²) >= 11 is 0. The minimum absolute atomic E-state index is 0.0369. The van der Waals surface area contributed by atoms with Crippen LogP contribution in [0.5, 0.6) is 0 Å². The van der Waals surface area contributed by atoms with Gasteiger partial charge in [0.15, 0.2) is 5.84 Å². The number of rotatable bonds is 5. The molecule has 0 amide bonds.